The maximum atomic E-state index is 14.0. The Morgan fingerprint density at radius 3 is 2.88 bits per heavy atom. The van der Waals surface area contributed by atoms with Crippen molar-refractivity contribution in [3.8, 4) is 5.69 Å². The zero-order chi connectivity index (χ0) is 17.4. The Bertz CT molecular complexity index is 1080. The van der Waals surface area contributed by atoms with Crippen LogP contribution in [0.1, 0.15) is 16.1 Å². The molecule has 0 atom stereocenters. The quantitative estimate of drug-likeness (QED) is 0.602. The number of anilines is 1. The summed E-state index contributed by atoms with van der Waals surface area (Å²) in [5.41, 5.74) is 2.79. The van der Waals surface area contributed by atoms with Crippen LogP contribution in [0.3, 0.4) is 0 Å². The number of hydrogen-bond donors (Lipinski definition) is 2. The van der Waals surface area contributed by atoms with Crippen molar-refractivity contribution < 1.29 is 9.18 Å². The number of H-pyrrole nitrogens is 1. The lowest BCUT2D eigenvalue weighted by Gasteiger charge is -2.07. The van der Waals surface area contributed by atoms with Crippen LogP contribution in [0, 0.1) is 12.7 Å². The number of benzene rings is 2. The molecule has 25 heavy (non-hydrogen) atoms. The molecular weight excluding hydrogens is 321 g/mol. The van der Waals surface area contributed by atoms with E-state index in [9.17, 15) is 9.18 Å². The Kier molecular flexibility index (Phi) is 3.53. The number of fused-ring (bicyclic) bond motifs is 1. The lowest BCUT2D eigenvalue weighted by Crippen LogP contribution is -2.13. The lowest BCUT2D eigenvalue weighted by molar-refractivity contribution is 0.102. The summed E-state index contributed by atoms with van der Waals surface area (Å²) >= 11 is 0. The molecule has 4 aromatic rings. The number of halogens is 1. The third kappa shape index (κ3) is 2.65. The summed E-state index contributed by atoms with van der Waals surface area (Å²) in [4.78, 5) is 12.6. The van der Waals surface area contributed by atoms with Gasteiger partial charge >= 0.3 is 0 Å². The zero-order valence-electron chi connectivity index (χ0n) is 13.3. The molecule has 0 radical (unpaired) electrons. The SMILES string of the molecule is Cc1c(C(=O)Nc2ccc3[nH]ncc3c2)cnn1-c1ccccc1F. The number of hydrogen-bond acceptors (Lipinski definition) is 3. The van der Waals surface area contributed by atoms with Crippen molar-refractivity contribution in [2.24, 2.45) is 0 Å². The summed E-state index contributed by atoms with van der Waals surface area (Å²) in [6, 6.07) is 11.8. The Morgan fingerprint density at radius 2 is 2.04 bits per heavy atom. The number of amides is 1. The minimum Gasteiger partial charge on any atom is -0.322 e. The highest BCUT2D eigenvalue weighted by Gasteiger charge is 2.17. The molecule has 4 rings (SSSR count). The molecule has 0 unspecified atom stereocenters. The average molecular weight is 335 g/mol. The van der Waals surface area contributed by atoms with Crippen LogP contribution in [0.2, 0.25) is 0 Å². The molecule has 0 aliphatic heterocycles. The summed E-state index contributed by atoms with van der Waals surface area (Å²) < 4.78 is 15.4. The molecule has 0 aliphatic rings. The first-order valence-corrected chi connectivity index (χ1v) is 7.67. The maximum Gasteiger partial charge on any atom is 0.259 e. The van der Waals surface area contributed by atoms with Crippen molar-refractivity contribution in [3.63, 3.8) is 0 Å². The molecule has 2 N–H and O–H groups in total. The highest BCUT2D eigenvalue weighted by atomic mass is 19.1. The van der Waals surface area contributed by atoms with Gasteiger partial charge in [0.2, 0.25) is 0 Å². The molecule has 7 heteroatoms. The second kappa shape index (κ2) is 5.86. The Hall–Kier alpha value is -3.48. The van der Waals surface area contributed by atoms with Crippen LogP contribution in [-0.2, 0) is 0 Å². The van der Waals surface area contributed by atoms with Gasteiger partial charge in [0.25, 0.3) is 5.91 Å². The smallest absolute Gasteiger partial charge is 0.259 e. The van der Waals surface area contributed by atoms with E-state index in [0.717, 1.165) is 10.9 Å². The fourth-order valence-corrected chi connectivity index (χ4v) is 2.72. The van der Waals surface area contributed by atoms with Gasteiger partial charge in [0.05, 0.1) is 29.2 Å². The Labute approximate surface area is 142 Å². The number of aromatic nitrogens is 4. The molecule has 1 amide bonds. The first-order valence-electron chi connectivity index (χ1n) is 7.67. The molecule has 2 heterocycles. The topological polar surface area (TPSA) is 75.6 Å². The molecule has 0 aliphatic carbocycles. The molecule has 0 spiro atoms. The molecule has 2 aromatic carbocycles. The van der Waals surface area contributed by atoms with Crippen LogP contribution in [0.15, 0.2) is 54.9 Å². The minimum atomic E-state index is -0.397. The van der Waals surface area contributed by atoms with Crippen LogP contribution in [-0.4, -0.2) is 25.9 Å². The van der Waals surface area contributed by atoms with Gasteiger partial charge in [-0.15, -0.1) is 0 Å². The number of nitrogens with zero attached hydrogens (tertiary/aromatic N) is 3. The summed E-state index contributed by atoms with van der Waals surface area (Å²) in [7, 11) is 0. The van der Waals surface area contributed by atoms with E-state index in [1.807, 2.05) is 12.1 Å². The first kappa shape index (κ1) is 15.1. The summed E-state index contributed by atoms with van der Waals surface area (Å²) in [6.45, 7) is 1.73. The van der Waals surface area contributed by atoms with Gasteiger partial charge in [0.15, 0.2) is 0 Å². The highest BCUT2D eigenvalue weighted by molar-refractivity contribution is 6.05. The zero-order valence-corrected chi connectivity index (χ0v) is 13.3. The molecule has 0 bridgehead atoms. The van der Waals surface area contributed by atoms with E-state index in [0.29, 0.717) is 22.6 Å². The van der Waals surface area contributed by atoms with Crippen molar-refractivity contribution in [1.82, 2.24) is 20.0 Å². The van der Waals surface area contributed by atoms with Gasteiger partial charge in [-0.1, -0.05) is 12.1 Å². The predicted octanol–water partition coefficient (Wildman–Crippen LogP) is 3.45. The standard InChI is InChI=1S/C18H14FN5O/c1-11-14(10-21-24(11)17-5-3-2-4-15(17)19)18(25)22-13-6-7-16-12(8-13)9-20-23-16/h2-10H,1H3,(H,20,23)(H,22,25). The van der Waals surface area contributed by atoms with E-state index in [-0.39, 0.29) is 5.91 Å². The number of aromatic amines is 1. The summed E-state index contributed by atoms with van der Waals surface area (Å²) in [6.07, 6.45) is 3.12. The van der Waals surface area contributed by atoms with Crippen molar-refractivity contribution >= 4 is 22.5 Å². The summed E-state index contributed by atoms with van der Waals surface area (Å²) in [5, 5.41) is 14.7. The average Bonchev–Trinajstić information content (AvgIpc) is 3.21. The maximum absolute atomic E-state index is 14.0. The van der Waals surface area contributed by atoms with Gasteiger partial charge in [-0.25, -0.2) is 9.07 Å². The van der Waals surface area contributed by atoms with Gasteiger partial charge < -0.3 is 5.32 Å². The van der Waals surface area contributed by atoms with E-state index in [2.05, 4.69) is 20.6 Å². The number of carbonyl (C=O) groups is 1. The van der Waals surface area contributed by atoms with Crippen LogP contribution in [0.5, 0.6) is 0 Å². The molecule has 0 fully saturated rings. The fourth-order valence-electron chi connectivity index (χ4n) is 2.72. The largest absolute Gasteiger partial charge is 0.322 e. The van der Waals surface area contributed by atoms with Crippen molar-refractivity contribution in [1.29, 1.82) is 0 Å². The van der Waals surface area contributed by atoms with Crippen molar-refractivity contribution in [3.05, 3.63) is 71.9 Å². The van der Waals surface area contributed by atoms with Crippen LogP contribution < -0.4 is 5.32 Å². The van der Waals surface area contributed by atoms with Crippen LogP contribution in [0.25, 0.3) is 16.6 Å². The molecular formula is C18H14FN5O. The van der Waals surface area contributed by atoms with Gasteiger partial charge in [0, 0.05) is 11.1 Å². The number of carbonyl (C=O) groups excluding carboxylic acids is 1. The van der Waals surface area contributed by atoms with E-state index >= 15 is 0 Å². The van der Waals surface area contributed by atoms with E-state index in [1.165, 1.54) is 16.9 Å². The monoisotopic (exact) mass is 335 g/mol. The predicted molar refractivity (Wildman–Crippen MR) is 92.3 cm³/mol. The molecule has 124 valence electrons. The minimum absolute atomic E-state index is 0.303. The second-order valence-electron chi connectivity index (χ2n) is 5.63. The molecule has 6 nitrogen and oxygen atoms in total. The fraction of sp³-hybridized carbons (Fsp3) is 0.0556. The van der Waals surface area contributed by atoms with Crippen LogP contribution >= 0.6 is 0 Å². The molecule has 0 saturated carbocycles. The normalized spacial score (nSPS) is 11.0. The van der Waals surface area contributed by atoms with Gasteiger partial charge in [-0.3, -0.25) is 9.89 Å². The Balaban J connectivity index is 1.63. The number of nitrogens with one attached hydrogen (secondary N) is 2. The van der Waals surface area contributed by atoms with Gasteiger partial charge in [0.1, 0.15) is 11.5 Å². The van der Waals surface area contributed by atoms with Gasteiger partial charge in [-0.05, 0) is 37.3 Å². The van der Waals surface area contributed by atoms with E-state index < -0.39 is 5.82 Å². The first-order chi connectivity index (χ1) is 12.1. The van der Waals surface area contributed by atoms with Crippen LogP contribution in [0.4, 0.5) is 10.1 Å². The van der Waals surface area contributed by atoms with Crippen molar-refractivity contribution in [2.75, 3.05) is 5.32 Å². The Morgan fingerprint density at radius 1 is 1.20 bits per heavy atom. The number of rotatable bonds is 3. The molecule has 2 aromatic heterocycles. The third-order valence-electron chi connectivity index (χ3n) is 4.03. The number of para-hydroxylation sites is 1. The third-order valence-corrected chi connectivity index (χ3v) is 4.03. The summed E-state index contributed by atoms with van der Waals surface area (Å²) in [5.74, 6) is -0.700. The van der Waals surface area contributed by atoms with Gasteiger partial charge in [-0.2, -0.15) is 10.2 Å². The van der Waals surface area contributed by atoms with E-state index in [1.54, 1.807) is 37.4 Å². The van der Waals surface area contributed by atoms with Crippen molar-refractivity contribution in [2.45, 2.75) is 6.92 Å². The second-order valence-corrected chi connectivity index (χ2v) is 5.63. The lowest BCUT2D eigenvalue weighted by atomic mass is 10.2. The molecule has 0 saturated heterocycles. The highest BCUT2D eigenvalue weighted by Crippen LogP contribution is 2.20. The van der Waals surface area contributed by atoms with E-state index in [4.69, 9.17) is 0 Å².